The third kappa shape index (κ3) is 3.04. The van der Waals surface area contributed by atoms with Gasteiger partial charge < -0.3 is 10.5 Å². The smallest absolute Gasteiger partial charge is 0.158 e. The number of nitrogen functional groups attached to an aromatic ring is 1. The van der Waals surface area contributed by atoms with E-state index < -0.39 is 0 Å². The second kappa shape index (κ2) is 5.84. The van der Waals surface area contributed by atoms with Crippen LogP contribution in [0.25, 0.3) is 10.2 Å². The van der Waals surface area contributed by atoms with Gasteiger partial charge in [-0.1, -0.05) is 25.7 Å². The first-order chi connectivity index (χ1) is 9.33. The highest BCUT2D eigenvalue weighted by molar-refractivity contribution is 7.16. The van der Waals surface area contributed by atoms with E-state index in [-0.39, 0.29) is 0 Å². The van der Waals surface area contributed by atoms with Crippen LogP contribution in [0.4, 0.5) is 5.82 Å². The normalized spacial score (nSPS) is 17.7. The number of nitrogens with zero attached hydrogens (tertiary/aromatic N) is 2. The van der Waals surface area contributed by atoms with Crippen molar-refractivity contribution in [2.45, 2.75) is 51.2 Å². The Morgan fingerprint density at radius 2 is 2.00 bits per heavy atom. The lowest BCUT2D eigenvalue weighted by molar-refractivity contribution is 0.0275. The molecular formula is C14H19N3OS. The third-order valence-electron chi connectivity index (χ3n) is 3.65. The van der Waals surface area contributed by atoms with Crippen LogP contribution in [0.5, 0.6) is 0 Å². The molecular weight excluding hydrogens is 258 g/mol. The average Bonchev–Trinajstić information content (AvgIpc) is 2.73. The van der Waals surface area contributed by atoms with Gasteiger partial charge in [0.05, 0.1) is 11.5 Å². The van der Waals surface area contributed by atoms with E-state index in [1.165, 1.54) is 25.7 Å². The minimum Gasteiger partial charge on any atom is -0.383 e. The van der Waals surface area contributed by atoms with Gasteiger partial charge in [-0.15, -0.1) is 11.3 Å². The highest BCUT2D eigenvalue weighted by atomic mass is 32.1. The van der Waals surface area contributed by atoms with Crippen LogP contribution in [0.1, 0.15) is 44.3 Å². The molecule has 1 aliphatic rings. The largest absolute Gasteiger partial charge is 0.383 e. The van der Waals surface area contributed by atoms with Crippen molar-refractivity contribution in [3.8, 4) is 0 Å². The van der Waals surface area contributed by atoms with Crippen LogP contribution in [-0.4, -0.2) is 16.1 Å². The van der Waals surface area contributed by atoms with Gasteiger partial charge in [0.1, 0.15) is 17.3 Å². The number of anilines is 1. The zero-order chi connectivity index (χ0) is 13.1. The monoisotopic (exact) mass is 277 g/mol. The molecule has 0 spiro atoms. The SMILES string of the molecule is Nc1nc(COC2CCCCCC2)nc2sccc12. The molecule has 5 heteroatoms. The van der Waals surface area contributed by atoms with Crippen LogP contribution < -0.4 is 5.73 Å². The zero-order valence-corrected chi connectivity index (χ0v) is 11.8. The summed E-state index contributed by atoms with van der Waals surface area (Å²) in [6.45, 7) is 0.475. The van der Waals surface area contributed by atoms with Crippen molar-refractivity contribution in [3.63, 3.8) is 0 Å². The maximum Gasteiger partial charge on any atom is 0.158 e. The van der Waals surface area contributed by atoms with Crippen molar-refractivity contribution in [2.24, 2.45) is 0 Å². The fourth-order valence-corrected chi connectivity index (χ4v) is 3.38. The summed E-state index contributed by atoms with van der Waals surface area (Å²) in [5.41, 5.74) is 5.94. The Morgan fingerprint density at radius 1 is 1.21 bits per heavy atom. The van der Waals surface area contributed by atoms with Crippen molar-refractivity contribution < 1.29 is 4.74 Å². The van der Waals surface area contributed by atoms with Gasteiger partial charge in [0, 0.05) is 0 Å². The summed E-state index contributed by atoms with van der Waals surface area (Å²) in [5, 5.41) is 2.94. The van der Waals surface area contributed by atoms with Gasteiger partial charge in [-0.2, -0.15) is 0 Å². The Hall–Kier alpha value is -1.20. The van der Waals surface area contributed by atoms with Gasteiger partial charge >= 0.3 is 0 Å². The number of rotatable bonds is 3. The van der Waals surface area contributed by atoms with Crippen molar-refractivity contribution in [3.05, 3.63) is 17.3 Å². The molecule has 0 aromatic carbocycles. The van der Waals surface area contributed by atoms with Crippen LogP contribution in [0.15, 0.2) is 11.4 Å². The van der Waals surface area contributed by atoms with Crippen molar-refractivity contribution in [1.82, 2.24) is 9.97 Å². The van der Waals surface area contributed by atoms with Crippen LogP contribution in [0, 0.1) is 0 Å². The van der Waals surface area contributed by atoms with Gasteiger partial charge in [0.25, 0.3) is 0 Å². The molecule has 0 aliphatic heterocycles. The number of nitrogens with two attached hydrogens (primary N) is 1. The Morgan fingerprint density at radius 3 is 2.79 bits per heavy atom. The summed E-state index contributed by atoms with van der Waals surface area (Å²) in [4.78, 5) is 9.79. The standard InChI is InChI=1S/C14H19N3OS/c15-13-11-7-8-19-14(11)17-12(16-13)9-18-10-5-3-1-2-4-6-10/h7-8,10H,1-6,9H2,(H2,15,16,17). The maximum absolute atomic E-state index is 5.95. The molecule has 102 valence electrons. The van der Waals surface area contributed by atoms with Gasteiger partial charge in [0.2, 0.25) is 0 Å². The van der Waals surface area contributed by atoms with E-state index in [4.69, 9.17) is 10.5 Å². The summed E-state index contributed by atoms with van der Waals surface area (Å²) in [6.07, 6.45) is 7.92. The molecule has 0 radical (unpaired) electrons. The van der Waals surface area contributed by atoms with E-state index >= 15 is 0 Å². The zero-order valence-electron chi connectivity index (χ0n) is 11.0. The number of fused-ring (bicyclic) bond motifs is 1. The molecule has 0 saturated heterocycles. The number of ether oxygens (including phenoxy) is 1. The molecule has 1 fully saturated rings. The topological polar surface area (TPSA) is 61.0 Å². The molecule has 1 aliphatic carbocycles. The van der Waals surface area contributed by atoms with E-state index in [1.54, 1.807) is 11.3 Å². The van der Waals surface area contributed by atoms with E-state index in [0.717, 1.165) is 23.1 Å². The molecule has 2 aromatic rings. The molecule has 0 atom stereocenters. The molecule has 4 nitrogen and oxygen atoms in total. The van der Waals surface area contributed by atoms with E-state index in [1.807, 2.05) is 11.4 Å². The summed E-state index contributed by atoms with van der Waals surface area (Å²) < 4.78 is 5.95. The summed E-state index contributed by atoms with van der Waals surface area (Å²) >= 11 is 1.59. The highest BCUT2D eigenvalue weighted by Crippen LogP contribution is 2.24. The van der Waals surface area contributed by atoms with Crippen molar-refractivity contribution in [1.29, 1.82) is 0 Å². The van der Waals surface area contributed by atoms with Gasteiger partial charge in [-0.3, -0.25) is 0 Å². The lowest BCUT2D eigenvalue weighted by atomic mass is 10.1. The van der Waals surface area contributed by atoms with E-state index in [2.05, 4.69) is 9.97 Å². The van der Waals surface area contributed by atoms with Crippen LogP contribution in [0.2, 0.25) is 0 Å². The molecule has 3 rings (SSSR count). The van der Waals surface area contributed by atoms with E-state index in [9.17, 15) is 0 Å². The number of hydrogen-bond acceptors (Lipinski definition) is 5. The summed E-state index contributed by atoms with van der Waals surface area (Å²) in [5.74, 6) is 1.27. The van der Waals surface area contributed by atoms with Gasteiger partial charge in [0.15, 0.2) is 5.82 Å². The molecule has 1 saturated carbocycles. The second-order valence-electron chi connectivity index (χ2n) is 5.09. The number of aromatic nitrogens is 2. The molecule has 0 amide bonds. The predicted octanol–water partition coefficient (Wildman–Crippen LogP) is 3.51. The van der Waals surface area contributed by atoms with Crippen molar-refractivity contribution >= 4 is 27.4 Å². The molecule has 19 heavy (non-hydrogen) atoms. The molecule has 0 unspecified atom stereocenters. The number of hydrogen-bond donors (Lipinski definition) is 1. The minimum absolute atomic E-state index is 0.367. The maximum atomic E-state index is 5.95. The minimum atomic E-state index is 0.367. The fraction of sp³-hybridized carbons (Fsp3) is 0.571. The quantitative estimate of drug-likeness (QED) is 0.872. The predicted molar refractivity (Wildman–Crippen MR) is 78.1 cm³/mol. The fourth-order valence-electron chi connectivity index (χ4n) is 2.59. The van der Waals surface area contributed by atoms with Crippen molar-refractivity contribution in [2.75, 3.05) is 5.73 Å². The lowest BCUT2D eigenvalue weighted by Gasteiger charge is -2.14. The molecule has 2 N–H and O–H groups in total. The van der Waals surface area contributed by atoms with Crippen LogP contribution in [0.3, 0.4) is 0 Å². The Balaban J connectivity index is 1.67. The average molecular weight is 277 g/mol. The van der Waals surface area contributed by atoms with E-state index in [0.29, 0.717) is 24.4 Å². The first-order valence-electron chi connectivity index (χ1n) is 6.94. The Bertz CT molecular complexity index is 547. The second-order valence-corrected chi connectivity index (χ2v) is 5.98. The van der Waals surface area contributed by atoms with Gasteiger partial charge in [-0.25, -0.2) is 9.97 Å². The lowest BCUT2D eigenvalue weighted by Crippen LogP contribution is -2.13. The third-order valence-corrected chi connectivity index (χ3v) is 4.46. The Kier molecular flexibility index (Phi) is 3.94. The number of thiophene rings is 1. The van der Waals surface area contributed by atoms with Crippen LogP contribution >= 0.6 is 11.3 Å². The Labute approximate surface area is 117 Å². The first-order valence-corrected chi connectivity index (χ1v) is 7.82. The summed E-state index contributed by atoms with van der Waals surface area (Å²) in [6, 6.07) is 1.96. The summed E-state index contributed by atoms with van der Waals surface area (Å²) in [7, 11) is 0. The van der Waals surface area contributed by atoms with Gasteiger partial charge in [-0.05, 0) is 24.3 Å². The molecule has 2 heterocycles. The molecule has 2 aromatic heterocycles. The highest BCUT2D eigenvalue weighted by Gasteiger charge is 2.14. The first kappa shape index (κ1) is 12.8. The van der Waals surface area contributed by atoms with Crippen LogP contribution in [-0.2, 0) is 11.3 Å². The molecule has 0 bridgehead atoms.